The zero-order chi connectivity index (χ0) is 25.2. The van der Waals surface area contributed by atoms with Crippen LogP contribution < -0.4 is 22.2 Å². The van der Waals surface area contributed by atoms with Crippen molar-refractivity contribution in [2.75, 3.05) is 18.8 Å². The molecule has 3 aliphatic rings. The second kappa shape index (κ2) is 10.3. The van der Waals surface area contributed by atoms with Crippen LogP contribution in [-0.2, 0) is 0 Å². The minimum atomic E-state index is -0.135. The van der Waals surface area contributed by atoms with Gasteiger partial charge in [-0.25, -0.2) is 5.43 Å². The Kier molecular flexibility index (Phi) is 7.00. The van der Waals surface area contributed by atoms with E-state index in [0.29, 0.717) is 29.4 Å². The van der Waals surface area contributed by atoms with Crippen LogP contribution in [0.3, 0.4) is 0 Å². The second-order valence-electron chi connectivity index (χ2n) is 9.45. The topological polar surface area (TPSA) is 112 Å². The summed E-state index contributed by atoms with van der Waals surface area (Å²) >= 11 is 6.17. The molecule has 1 saturated heterocycles. The van der Waals surface area contributed by atoms with Crippen molar-refractivity contribution in [3.63, 3.8) is 0 Å². The number of carbonyl (C=O) groups is 1. The molecule has 36 heavy (non-hydrogen) atoms. The van der Waals surface area contributed by atoms with Crippen LogP contribution in [0.5, 0.6) is 0 Å². The van der Waals surface area contributed by atoms with Gasteiger partial charge in [0.2, 0.25) is 0 Å². The van der Waals surface area contributed by atoms with Crippen molar-refractivity contribution < 1.29 is 4.79 Å². The molecular weight excluding hydrogens is 474 g/mol. The van der Waals surface area contributed by atoms with Crippen LogP contribution in [0.4, 0.5) is 5.69 Å². The smallest absolute Gasteiger partial charge is 0.256 e. The van der Waals surface area contributed by atoms with E-state index in [0.717, 1.165) is 42.1 Å². The van der Waals surface area contributed by atoms with Gasteiger partial charge in [0, 0.05) is 35.6 Å². The lowest BCUT2D eigenvalue weighted by atomic mass is 9.94. The van der Waals surface area contributed by atoms with E-state index in [4.69, 9.17) is 28.1 Å². The molecule has 0 radical (unpaired) electrons. The van der Waals surface area contributed by atoms with E-state index < -0.39 is 0 Å². The molecule has 188 valence electrons. The summed E-state index contributed by atoms with van der Waals surface area (Å²) in [5.74, 6) is 1.61. The predicted molar refractivity (Wildman–Crippen MR) is 144 cm³/mol. The molecular formula is C27H32ClN7O. The molecule has 0 bridgehead atoms. The Hall–Kier alpha value is -3.33. The van der Waals surface area contributed by atoms with Crippen LogP contribution in [-0.4, -0.2) is 46.8 Å². The number of benzene rings is 2. The maximum atomic E-state index is 13.5. The van der Waals surface area contributed by atoms with Gasteiger partial charge < -0.3 is 21.7 Å². The maximum absolute atomic E-state index is 13.5. The monoisotopic (exact) mass is 505 g/mol. The fourth-order valence-electron chi connectivity index (χ4n) is 5.08. The molecule has 8 nitrogen and oxygen atoms in total. The van der Waals surface area contributed by atoms with Crippen LogP contribution in [0, 0.1) is 0 Å². The van der Waals surface area contributed by atoms with E-state index in [1.165, 1.54) is 0 Å². The number of amidine groups is 1. The van der Waals surface area contributed by atoms with Gasteiger partial charge >= 0.3 is 0 Å². The molecule has 6 N–H and O–H groups in total. The van der Waals surface area contributed by atoms with Crippen LogP contribution in [0.2, 0.25) is 5.02 Å². The molecule has 2 aromatic carbocycles. The van der Waals surface area contributed by atoms with Gasteiger partial charge in [-0.3, -0.25) is 14.8 Å². The predicted octanol–water partition coefficient (Wildman–Crippen LogP) is 3.55. The van der Waals surface area contributed by atoms with Gasteiger partial charge in [-0.2, -0.15) is 0 Å². The zero-order valence-corrected chi connectivity index (χ0v) is 21.1. The number of fused-ring (bicyclic) bond motifs is 1. The maximum Gasteiger partial charge on any atom is 0.256 e. The Morgan fingerprint density at radius 2 is 2.03 bits per heavy atom. The average molecular weight is 506 g/mol. The van der Waals surface area contributed by atoms with E-state index in [1.807, 2.05) is 53.4 Å². The molecule has 1 fully saturated rings. The van der Waals surface area contributed by atoms with Crippen LogP contribution >= 0.6 is 11.6 Å². The molecule has 3 aliphatic heterocycles. The number of likely N-dealkylation sites (tertiary alicyclic amines) is 1. The van der Waals surface area contributed by atoms with Gasteiger partial charge in [0.1, 0.15) is 11.7 Å². The van der Waals surface area contributed by atoms with E-state index in [-0.39, 0.29) is 24.0 Å². The number of rotatable bonds is 5. The van der Waals surface area contributed by atoms with Crippen molar-refractivity contribution in [3.05, 3.63) is 88.4 Å². The molecule has 3 atom stereocenters. The quantitative estimate of drug-likeness (QED) is 0.462. The first-order chi connectivity index (χ1) is 17.4. The molecule has 5 rings (SSSR count). The third-order valence-electron chi connectivity index (χ3n) is 6.99. The highest BCUT2D eigenvalue weighted by molar-refractivity contribution is 6.31. The number of hydrogen-bond donors (Lipinski definition) is 4. The lowest BCUT2D eigenvalue weighted by Crippen LogP contribution is -2.54. The van der Waals surface area contributed by atoms with Gasteiger partial charge in [0.25, 0.3) is 5.91 Å². The first kappa shape index (κ1) is 24.4. The summed E-state index contributed by atoms with van der Waals surface area (Å²) in [5, 5.41) is 5.95. The first-order valence-electron chi connectivity index (χ1n) is 12.4. The fourth-order valence-corrected chi connectivity index (χ4v) is 5.25. The van der Waals surface area contributed by atoms with Crippen molar-refractivity contribution in [1.82, 2.24) is 20.7 Å². The van der Waals surface area contributed by atoms with E-state index in [1.54, 1.807) is 18.2 Å². The third kappa shape index (κ3) is 4.84. The van der Waals surface area contributed by atoms with Crippen molar-refractivity contribution in [2.24, 2.45) is 10.7 Å². The van der Waals surface area contributed by atoms with Crippen LogP contribution in [0.25, 0.3) is 0 Å². The number of nitrogens with two attached hydrogens (primary N) is 2. The number of hydrazine groups is 1. The Morgan fingerprint density at radius 1 is 1.22 bits per heavy atom. The summed E-state index contributed by atoms with van der Waals surface area (Å²) in [4.78, 5) is 20.4. The molecule has 0 aromatic heterocycles. The molecule has 9 heteroatoms. The number of aliphatic imine (C=N–C) groups is 1. The SMILES string of the molecule is CC1=CN2NC(C3CCCCN3C(=O)c3cc(Cl)ccc3N)C=C2NC1=NC(CN)c1ccccc1. The highest BCUT2D eigenvalue weighted by Gasteiger charge is 2.38. The summed E-state index contributed by atoms with van der Waals surface area (Å²) in [5.41, 5.74) is 18.7. The van der Waals surface area contributed by atoms with E-state index in [9.17, 15) is 4.79 Å². The number of halogens is 1. The fraction of sp³-hybridized carbons (Fsp3) is 0.333. The zero-order valence-electron chi connectivity index (χ0n) is 20.3. The number of nitrogens with one attached hydrogen (secondary N) is 2. The van der Waals surface area contributed by atoms with E-state index >= 15 is 0 Å². The molecule has 0 spiro atoms. The van der Waals surface area contributed by atoms with Crippen LogP contribution in [0.1, 0.15) is 48.1 Å². The van der Waals surface area contributed by atoms with Crippen LogP contribution in [0.15, 0.2) is 77.2 Å². The summed E-state index contributed by atoms with van der Waals surface area (Å²) in [7, 11) is 0. The minimum absolute atomic E-state index is 0.0141. The van der Waals surface area contributed by atoms with Crippen molar-refractivity contribution in [2.45, 2.75) is 44.3 Å². The van der Waals surface area contributed by atoms with Crippen molar-refractivity contribution in [1.29, 1.82) is 0 Å². The molecule has 3 unspecified atom stereocenters. The number of hydrogen-bond acceptors (Lipinski definition) is 6. The molecule has 0 aliphatic carbocycles. The summed E-state index contributed by atoms with van der Waals surface area (Å²) in [6, 6.07) is 14.9. The van der Waals surface area contributed by atoms with Gasteiger partial charge in [-0.15, -0.1) is 0 Å². The Balaban J connectivity index is 1.38. The average Bonchev–Trinajstić information content (AvgIpc) is 3.31. The first-order valence-corrected chi connectivity index (χ1v) is 12.7. The van der Waals surface area contributed by atoms with Gasteiger partial charge in [0.05, 0.1) is 23.7 Å². The lowest BCUT2D eigenvalue weighted by Gasteiger charge is -2.39. The molecule has 2 aromatic rings. The minimum Gasteiger partial charge on any atom is -0.398 e. The Labute approximate surface area is 216 Å². The van der Waals surface area contributed by atoms with Gasteiger partial charge in [0.15, 0.2) is 0 Å². The Morgan fingerprint density at radius 3 is 2.81 bits per heavy atom. The van der Waals surface area contributed by atoms with Crippen molar-refractivity contribution >= 4 is 29.0 Å². The number of anilines is 1. The lowest BCUT2D eigenvalue weighted by molar-refractivity contribution is 0.0562. The summed E-state index contributed by atoms with van der Waals surface area (Å²) in [6.07, 6.45) is 7.09. The third-order valence-corrected chi connectivity index (χ3v) is 7.23. The highest BCUT2D eigenvalue weighted by atomic mass is 35.5. The normalized spacial score (nSPS) is 23.6. The highest BCUT2D eigenvalue weighted by Crippen LogP contribution is 2.30. The summed E-state index contributed by atoms with van der Waals surface area (Å²) in [6.45, 7) is 3.12. The van der Waals surface area contributed by atoms with Gasteiger partial charge in [-0.05, 0) is 56.0 Å². The Bertz CT molecular complexity index is 1230. The second-order valence-corrected chi connectivity index (χ2v) is 9.88. The number of carbonyl (C=O) groups excluding carboxylic acids is 1. The molecule has 1 amide bonds. The number of nitrogen functional groups attached to an aromatic ring is 1. The largest absolute Gasteiger partial charge is 0.398 e. The van der Waals surface area contributed by atoms with E-state index in [2.05, 4.69) is 16.8 Å². The molecule has 0 saturated carbocycles. The van der Waals surface area contributed by atoms with Gasteiger partial charge in [-0.1, -0.05) is 41.9 Å². The van der Waals surface area contributed by atoms with Crippen molar-refractivity contribution in [3.8, 4) is 0 Å². The summed E-state index contributed by atoms with van der Waals surface area (Å²) < 4.78 is 0. The number of piperidine rings is 1. The number of amides is 1. The molecule has 3 heterocycles. The number of nitrogens with zero attached hydrogens (tertiary/aromatic N) is 3. The standard InChI is InChI=1S/C27H32ClN7O/c1-17-16-35-25(32-26(17)31-23(15-29)18-7-3-2-4-8-18)14-22(33-35)24-9-5-6-12-34(24)27(36)20-13-19(28)10-11-21(20)30/h2-4,7-8,10-11,13-14,16,22-24,33H,5-6,9,12,15,29-30H2,1H3,(H,31,32).